The summed E-state index contributed by atoms with van der Waals surface area (Å²) in [7, 11) is 0. The summed E-state index contributed by atoms with van der Waals surface area (Å²) in [5.41, 5.74) is 0.945. The molecule has 0 radical (unpaired) electrons. The van der Waals surface area contributed by atoms with Crippen LogP contribution in [0, 0.1) is 0 Å². The molecule has 0 saturated heterocycles. The Morgan fingerprint density at radius 1 is 1.26 bits per heavy atom. The highest BCUT2D eigenvalue weighted by Crippen LogP contribution is 2.25. The van der Waals surface area contributed by atoms with E-state index in [0.717, 1.165) is 12.2 Å². The smallest absolute Gasteiger partial charge is 0.224 e. The number of thioether (sulfide) groups is 1. The lowest BCUT2D eigenvalue weighted by molar-refractivity contribution is 1.09. The Bertz CT molecular complexity index is 545. The van der Waals surface area contributed by atoms with Gasteiger partial charge in [0.1, 0.15) is 5.02 Å². The van der Waals surface area contributed by atoms with E-state index in [1.54, 1.807) is 18.0 Å². The fraction of sp³-hybridized carbons (Fsp3) is 0.231. The summed E-state index contributed by atoms with van der Waals surface area (Å²) < 4.78 is 0. The second kappa shape index (κ2) is 6.63. The van der Waals surface area contributed by atoms with Crippen molar-refractivity contribution in [3.05, 3.63) is 35.5 Å². The highest BCUT2D eigenvalue weighted by Gasteiger charge is 2.05. The van der Waals surface area contributed by atoms with Crippen LogP contribution in [0.1, 0.15) is 6.92 Å². The van der Waals surface area contributed by atoms with Crippen molar-refractivity contribution in [1.29, 1.82) is 0 Å². The molecule has 0 atom stereocenters. The summed E-state index contributed by atoms with van der Waals surface area (Å²) in [4.78, 5) is 9.65. The molecular formula is C13H15ClN4S. The number of hydrogen-bond acceptors (Lipinski definition) is 5. The topological polar surface area (TPSA) is 49.8 Å². The van der Waals surface area contributed by atoms with Gasteiger partial charge in [-0.15, -0.1) is 11.8 Å². The van der Waals surface area contributed by atoms with Crippen molar-refractivity contribution in [2.24, 2.45) is 0 Å². The first-order valence-corrected chi connectivity index (χ1v) is 7.50. The van der Waals surface area contributed by atoms with Gasteiger partial charge in [0.25, 0.3) is 0 Å². The van der Waals surface area contributed by atoms with Gasteiger partial charge in [-0.2, -0.15) is 4.98 Å². The number of benzene rings is 1. The van der Waals surface area contributed by atoms with Crippen molar-refractivity contribution in [2.45, 2.75) is 11.8 Å². The van der Waals surface area contributed by atoms with Crippen molar-refractivity contribution >= 4 is 40.8 Å². The van der Waals surface area contributed by atoms with E-state index in [1.807, 2.05) is 37.4 Å². The molecule has 100 valence electrons. The second-order valence-electron chi connectivity index (χ2n) is 3.77. The van der Waals surface area contributed by atoms with Crippen molar-refractivity contribution in [1.82, 2.24) is 9.97 Å². The fourth-order valence-electron chi connectivity index (χ4n) is 1.51. The monoisotopic (exact) mass is 294 g/mol. The van der Waals surface area contributed by atoms with Crippen molar-refractivity contribution in [2.75, 3.05) is 23.4 Å². The number of aromatic nitrogens is 2. The molecule has 2 aromatic rings. The second-order valence-corrected chi connectivity index (χ2v) is 5.06. The van der Waals surface area contributed by atoms with E-state index in [1.165, 1.54) is 4.90 Å². The van der Waals surface area contributed by atoms with Gasteiger partial charge < -0.3 is 10.6 Å². The first kappa shape index (κ1) is 14.0. The van der Waals surface area contributed by atoms with Crippen LogP contribution < -0.4 is 10.6 Å². The van der Waals surface area contributed by atoms with E-state index in [4.69, 9.17) is 11.6 Å². The van der Waals surface area contributed by atoms with Crippen LogP contribution >= 0.6 is 23.4 Å². The van der Waals surface area contributed by atoms with E-state index >= 15 is 0 Å². The molecule has 1 aromatic heterocycles. The van der Waals surface area contributed by atoms with E-state index in [-0.39, 0.29) is 0 Å². The van der Waals surface area contributed by atoms with Crippen molar-refractivity contribution in [3.63, 3.8) is 0 Å². The van der Waals surface area contributed by atoms with Gasteiger partial charge in [0.15, 0.2) is 5.82 Å². The van der Waals surface area contributed by atoms with Gasteiger partial charge in [-0.1, -0.05) is 11.6 Å². The molecule has 19 heavy (non-hydrogen) atoms. The Morgan fingerprint density at radius 3 is 2.63 bits per heavy atom. The maximum absolute atomic E-state index is 6.09. The van der Waals surface area contributed by atoms with E-state index in [9.17, 15) is 0 Å². The highest BCUT2D eigenvalue weighted by atomic mass is 35.5. The van der Waals surface area contributed by atoms with Crippen LogP contribution in [0.25, 0.3) is 0 Å². The molecule has 2 rings (SSSR count). The Balaban J connectivity index is 2.18. The first-order valence-electron chi connectivity index (χ1n) is 5.90. The van der Waals surface area contributed by atoms with E-state index < -0.39 is 0 Å². The molecule has 0 saturated carbocycles. The highest BCUT2D eigenvalue weighted by molar-refractivity contribution is 7.98. The molecule has 0 amide bonds. The molecular weight excluding hydrogens is 280 g/mol. The lowest BCUT2D eigenvalue weighted by atomic mass is 10.3. The Kier molecular flexibility index (Phi) is 4.87. The molecule has 1 aromatic carbocycles. The molecule has 0 bridgehead atoms. The number of halogens is 1. The molecule has 4 nitrogen and oxygen atoms in total. The zero-order valence-corrected chi connectivity index (χ0v) is 12.3. The molecule has 2 N–H and O–H groups in total. The third-order valence-electron chi connectivity index (χ3n) is 2.43. The largest absolute Gasteiger partial charge is 0.354 e. The number of anilines is 3. The average molecular weight is 295 g/mol. The fourth-order valence-corrected chi connectivity index (χ4v) is 2.06. The molecule has 0 aliphatic heterocycles. The number of nitrogens with zero attached hydrogens (tertiary/aromatic N) is 2. The lowest BCUT2D eigenvalue weighted by Crippen LogP contribution is -2.04. The van der Waals surface area contributed by atoms with Gasteiger partial charge in [-0.25, -0.2) is 4.98 Å². The third kappa shape index (κ3) is 3.75. The van der Waals surface area contributed by atoms with Gasteiger partial charge in [-0.3, -0.25) is 0 Å². The maximum atomic E-state index is 6.09. The summed E-state index contributed by atoms with van der Waals surface area (Å²) in [6.45, 7) is 2.76. The minimum Gasteiger partial charge on any atom is -0.354 e. The normalized spacial score (nSPS) is 10.3. The summed E-state index contributed by atoms with van der Waals surface area (Å²) in [6.07, 6.45) is 3.64. The Hall–Kier alpha value is -1.46. The molecule has 0 spiro atoms. The molecule has 0 fully saturated rings. The lowest BCUT2D eigenvalue weighted by Gasteiger charge is -2.09. The summed E-state index contributed by atoms with van der Waals surface area (Å²) in [6, 6.07) is 8.09. The minimum atomic E-state index is 0.496. The quantitative estimate of drug-likeness (QED) is 0.816. The van der Waals surface area contributed by atoms with Gasteiger partial charge in [-0.05, 0) is 37.4 Å². The number of rotatable bonds is 5. The molecule has 1 heterocycles. The molecule has 6 heteroatoms. The molecule has 0 aliphatic carbocycles. The third-order valence-corrected chi connectivity index (χ3v) is 3.45. The van der Waals surface area contributed by atoms with Gasteiger partial charge >= 0.3 is 0 Å². The Labute approximate surface area is 122 Å². The molecule has 0 unspecified atom stereocenters. The zero-order valence-electron chi connectivity index (χ0n) is 10.8. The van der Waals surface area contributed by atoms with Crippen LogP contribution in [0.3, 0.4) is 0 Å². The van der Waals surface area contributed by atoms with Crippen molar-refractivity contribution in [3.8, 4) is 0 Å². The summed E-state index contributed by atoms with van der Waals surface area (Å²) in [5.74, 6) is 1.17. The van der Waals surface area contributed by atoms with Crippen LogP contribution in [0.2, 0.25) is 5.02 Å². The number of nitrogens with one attached hydrogen (secondary N) is 2. The van der Waals surface area contributed by atoms with E-state index in [2.05, 4.69) is 20.6 Å². The Morgan fingerprint density at radius 2 is 2.00 bits per heavy atom. The first-order chi connectivity index (χ1) is 9.22. The molecule has 0 aliphatic rings. The summed E-state index contributed by atoms with van der Waals surface area (Å²) >= 11 is 7.79. The van der Waals surface area contributed by atoms with Crippen LogP contribution in [0.4, 0.5) is 17.5 Å². The van der Waals surface area contributed by atoms with Gasteiger partial charge in [0.05, 0.1) is 6.20 Å². The van der Waals surface area contributed by atoms with Gasteiger partial charge in [0.2, 0.25) is 5.95 Å². The van der Waals surface area contributed by atoms with Crippen LogP contribution in [-0.2, 0) is 0 Å². The predicted molar refractivity (Wildman–Crippen MR) is 82.7 cm³/mol. The average Bonchev–Trinajstić information content (AvgIpc) is 2.44. The number of hydrogen-bond donors (Lipinski definition) is 2. The van der Waals surface area contributed by atoms with Gasteiger partial charge in [0, 0.05) is 17.1 Å². The standard InChI is InChI=1S/C13H15ClN4S/c1-3-15-13-16-8-11(14)12(18-13)17-9-4-6-10(19-2)7-5-9/h4-8H,3H2,1-2H3,(H2,15,16,17,18). The summed E-state index contributed by atoms with van der Waals surface area (Å²) in [5, 5.41) is 6.74. The predicted octanol–water partition coefficient (Wildman–Crippen LogP) is 4.03. The minimum absolute atomic E-state index is 0.496. The SMILES string of the molecule is CCNc1ncc(Cl)c(Nc2ccc(SC)cc2)n1. The zero-order chi connectivity index (χ0) is 13.7. The van der Waals surface area contributed by atoms with Crippen molar-refractivity contribution < 1.29 is 0 Å². The van der Waals surface area contributed by atoms with Crippen LogP contribution in [-0.4, -0.2) is 22.8 Å². The van der Waals surface area contributed by atoms with E-state index in [0.29, 0.717) is 16.8 Å². The maximum Gasteiger partial charge on any atom is 0.224 e. The van der Waals surface area contributed by atoms with Crippen LogP contribution in [0.5, 0.6) is 0 Å². The van der Waals surface area contributed by atoms with Crippen LogP contribution in [0.15, 0.2) is 35.4 Å².